The summed E-state index contributed by atoms with van der Waals surface area (Å²) in [6.07, 6.45) is 11.4. The number of nitrogens with two attached hydrogens (primary N) is 1. The lowest BCUT2D eigenvalue weighted by Crippen LogP contribution is -2.22. The second kappa shape index (κ2) is 8.58. The quantitative estimate of drug-likeness (QED) is 0.604. The van der Waals surface area contributed by atoms with Gasteiger partial charge in [0.25, 0.3) is 0 Å². The molecule has 0 aliphatic heterocycles. The molecule has 2 N–H and O–H groups in total. The molecule has 0 radical (unpaired) electrons. The van der Waals surface area contributed by atoms with Gasteiger partial charge in [-0.05, 0) is 12.8 Å². The van der Waals surface area contributed by atoms with E-state index in [0.29, 0.717) is 12.6 Å². The first-order chi connectivity index (χ1) is 5.81. The summed E-state index contributed by atoms with van der Waals surface area (Å²) >= 11 is 0. The molecule has 0 atom stereocenters. The van der Waals surface area contributed by atoms with Crippen LogP contribution in [-0.4, -0.2) is 19.8 Å². The summed E-state index contributed by atoms with van der Waals surface area (Å²) in [5, 5.41) is 0. The van der Waals surface area contributed by atoms with E-state index in [2.05, 4.69) is 10.7 Å². The van der Waals surface area contributed by atoms with Crippen LogP contribution in [0.2, 0.25) is 0 Å². The molecule has 0 bridgehead atoms. The standard InChI is InChI=1S/C6H13N.C4H6O/c7-6-4-2-1-3-5-6;1-3-4-5-2/h6H,1-5,7H2;1H,4H2,2H3. The number of ether oxygens (including phenoxy) is 1. The fourth-order valence-electron chi connectivity index (χ4n) is 1.22. The summed E-state index contributed by atoms with van der Waals surface area (Å²) in [6.45, 7) is 0.417. The van der Waals surface area contributed by atoms with Crippen LogP contribution in [0.15, 0.2) is 0 Å². The van der Waals surface area contributed by atoms with E-state index in [1.807, 2.05) is 0 Å². The Bertz CT molecular complexity index is 122. The smallest absolute Gasteiger partial charge is 0.107 e. The van der Waals surface area contributed by atoms with Crippen molar-refractivity contribution >= 4 is 0 Å². The lowest BCUT2D eigenvalue weighted by molar-refractivity contribution is 0.240. The Balaban J connectivity index is 0.000000217. The average Bonchev–Trinajstić information content (AvgIpc) is 2.08. The van der Waals surface area contributed by atoms with Crippen LogP contribution < -0.4 is 5.73 Å². The van der Waals surface area contributed by atoms with Crippen LogP contribution in [-0.2, 0) is 4.74 Å². The molecule has 1 fully saturated rings. The molecule has 2 heteroatoms. The number of hydrogen-bond donors (Lipinski definition) is 1. The van der Waals surface area contributed by atoms with Crippen LogP contribution >= 0.6 is 0 Å². The van der Waals surface area contributed by atoms with Crippen LogP contribution in [0.25, 0.3) is 0 Å². The molecule has 0 unspecified atom stereocenters. The molecule has 0 aromatic carbocycles. The maximum Gasteiger partial charge on any atom is 0.107 e. The summed E-state index contributed by atoms with van der Waals surface area (Å²) in [5.74, 6) is 2.30. The first kappa shape index (κ1) is 11.5. The van der Waals surface area contributed by atoms with Gasteiger partial charge in [-0.3, -0.25) is 0 Å². The second-order valence-corrected chi connectivity index (χ2v) is 3.04. The van der Waals surface area contributed by atoms with Crippen molar-refractivity contribution in [2.24, 2.45) is 5.73 Å². The molecular weight excluding hydrogens is 150 g/mol. The normalized spacial score (nSPS) is 17.4. The Morgan fingerprint density at radius 2 is 2.00 bits per heavy atom. The van der Waals surface area contributed by atoms with Gasteiger partial charge in [-0.15, -0.1) is 6.42 Å². The monoisotopic (exact) mass is 169 g/mol. The molecule has 0 spiro atoms. The summed E-state index contributed by atoms with van der Waals surface area (Å²) in [4.78, 5) is 0. The Morgan fingerprint density at radius 3 is 2.17 bits per heavy atom. The summed E-state index contributed by atoms with van der Waals surface area (Å²) in [5.41, 5.74) is 5.63. The van der Waals surface area contributed by atoms with Crippen LogP contribution in [0, 0.1) is 12.3 Å². The third-order valence-electron chi connectivity index (χ3n) is 1.88. The van der Waals surface area contributed by atoms with Gasteiger partial charge < -0.3 is 10.5 Å². The van der Waals surface area contributed by atoms with Gasteiger partial charge in [-0.2, -0.15) is 0 Å². The molecular formula is C10H19NO. The maximum atomic E-state index is 5.63. The van der Waals surface area contributed by atoms with Crippen molar-refractivity contribution in [1.82, 2.24) is 0 Å². The Kier molecular flexibility index (Phi) is 8.20. The van der Waals surface area contributed by atoms with E-state index in [0.717, 1.165) is 0 Å². The minimum absolute atomic E-state index is 0.417. The minimum Gasteiger partial charge on any atom is -0.372 e. The number of methoxy groups -OCH3 is 1. The Labute approximate surface area is 75.5 Å². The summed E-state index contributed by atoms with van der Waals surface area (Å²) in [7, 11) is 1.57. The summed E-state index contributed by atoms with van der Waals surface area (Å²) < 4.78 is 4.45. The Morgan fingerprint density at radius 1 is 1.42 bits per heavy atom. The highest BCUT2D eigenvalue weighted by molar-refractivity contribution is 4.82. The fraction of sp³-hybridized carbons (Fsp3) is 0.800. The molecule has 70 valence electrons. The zero-order chi connectivity index (χ0) is 9.23. The van der Waals surface area contributed by atoms with Gasteiger partial charge in [0.2, 0.25) is 0 Å². The van der Waals surface area contributed by atoms with Crippen molar-refractivity contribution < 1.29 is 4.74 Å². The van der Waals surface area contributed by atoms with Crippen molar-refractivity contribution in [3.63, 3.8) is 0 Å². The third kappa shape index (κ3) is 7.59. The van der Waals surface area contributed by atoms with Crippen LogP contribution in [0.1, 0.15) is 32.1 Å². The van der Waals surface area contributed by atoms with Gasteiger partial charge in [0.15, 0.2) is 0 Å². The molecule has 1 aliphatic carbocycles. The lowest BCUT2D eigenvalue weighted by atomic mass is 9.97. The highest BCUT2D eigenvalue weighted by atomic mass is 16.5. The highest BCUT2D eigenvalue weighted by Crippen LogP contribution is 2.14. The van der Waals surface area contributed by atoms with Crippen molar-refractivity contribution in [1.29, 1.82) is 0 Å². The highest BCUT2D eigenvalue weighted by Gasteiger charge is 2.06. The molecule has 2 nitrogen and oxygen atoms in total. The predicted molar refractivity (Wildman–Crippen MR) is 51.8 cm³/mol. The average molecular weight is 169 g/mol. The molecule has 0 amide bonds. The molecule has 1 saturated carbocycles. The molecule has 0 aromatic rings. The van der Waals surface area contributed by atoms with E-state index in [4.69, 9.17) is 12.2 Å². The third-order valence-corrected chi connectivity index (χ3v) is 1.88. The minimum atomic E-state index is 0.417. The van der Waals surface area contributed by atoms with E-state index >= 15 is 0 Å². The van der Waals surface area contributed by atoms with Crippen LogP contribution in [0.4, 0.5) is 0 Å². The topological polar surface area (TPSA) is 35.2 Å². The largest absolute Gasteiger partial charge is 0.372 e. The Hall–Kier alpha value is -0.520. The van der Waals surface area contributed by atoms with Crippen molar-refractivity contribution in [2.45, 2.75) is 38.1 Å². The van der Waals surface area contributed by atoms with Gasteiger partial charge in [-0.25, -0.2) is 0 Å². The van der Waals surface area contributed by atoms with E-state index < -0.39 is 0 Å². The van der Waals surface area contributed by atoms with E-state index in [1.54, 1.807) is 7.11 Å². The molecule has 12 heavy (non-hydrogen) atoms. The van der Waals surface area contributed by atoms with Gasteiger partial charge in [0, 0.05) is 13.2 Å². The molecule has 0 heterocycles. The second-order valence-electron chi connectivity index (χ2n) is 3.04. The molecule has 1 rings (SSSR count). The van der Waals surface area contributed by atoms with Crippen LogP contribution in [0.5, 0.6) is 0 Å². The first-order valence-electron chi connectivity index (χ1n) is 4.49. The zero-order valence-electron chi connectivity index (χ0n) is 7.88. The van der Waals surface area contributed by atoms with Gasteiger partial charge >= 0.3 is 0 Å². The van der Waals surface area contributed by atoms with E-state index in [-0.39, 0.29) is 0 Å². The first-order valence-corrected chi connectivity index (χ1v) is 4.49. The van der Waals surface area contributed by atoms with Crippen molar-refractivity contribution in [3.05, 3.63) is 0 Å². The number of hydrogen-bond acceptors (Lipinski definition) is 2. The van der Waals surface area contributed by atoms with Crippen LogP contribution in [0.3, 0.4) is 0 Å². The zero-order valence-corrected chi connectivity index (χ0v) is 7.88. The van der Waals surface area contributed by atoms with Gasteiger partial charge in [0.1, 0.15) is 6.61 Å². The molecule has 0 aromatic heterocycles. The van der Waals surface area contributed by atoms with Crippen molar-refractivity contribution in [3.8, 4) is 12.3 Å². The van der Waals surface area contributed by atoms with Crippen molar-refractivity contribution in [2.75, 3.05) is 13.7 Å². The SMILES string of the molecule is C#CCOC.NC1CCCCC1. The van der Waals surface area contributed by atoms with Gasteiger partial charge in [0.05, 0.1) is 0 Å². The fourth-order valence-corrected chi connectivity index (χ4v) is 1.22. The molecule has 1 aliphatic rings. The number of rotatable bonds is 1. The van der Waals surface area contributed by atoms with E-state index in [9.17, 15) is 0 Å². The number of terminal acetylenes is 1. The van der Waals surface area contributed by atoms with E-state index in [1.165, 1.54) is 32.1 Å². The van der Waals surface area contributed by atoms with Gasteiger partial charge in [-0.1, -0.05) is 25.2 Å². The molecule has 0 saturated heterocycles. The predicted octanol–water partition coefficient (Wildman–Crippen LogP) is 1.54. The maximum absolute atomic E-state index is 5.63. The lowest BCUT2D eigenvalue weighted by Gasteiger charge is -2.15. The summed E-state index contributed by atoms with van der Waals surface area (Å²) in [6, 6.07) is 0.536.